The van der Waals surface area contributed by atoms with Crippen molar-refractivity contribution in [2.24, 2.45) is 0 Å². The fourth-order valence-corrected chi connectivity index (χ4v) is 10.3. The molecule has 4 nitrogen and oxygen atoms in total. The highest BCUT2D eigenvalue weighted by atomic mass is 28.3. The summed E-state index contributed by atoms with van der Waals surface area (Å²) >= 11 is 0. The predicted molar refractivity (Wildman–Crippen MR) is 215 cm³/mol. The van der Waals surface area contributed by atoms with Gasteiger partial charge in [0.25, 0.3) is 5.82 Å². The van der Waals surface area contributed by atoms with Gasteiger partial charge in [0.2, 0.25) is 5.69 Å². The lowest BCUT2D eigenvalue weighted by atomic mass is 9.77. The summed E-state index contributed by atoms with van der Waals surface area (Å²) < 4.78 is 14.5. The molecule has 0 aliphatic carbocycles. The highest BCUT2D eigenvalue weighted by molar-refractivity contribution is 6.88. The normalized spacial score (nSPS) is 17.0. The Labute approximate surface area is 305 Å². The quantitative estimate of drug-likeness (QED) is 0.134. The molecule has 8 aromatic rings. The molecule has 10 rings (SSSR count). The zero-order valence-corrected chi connectivity index (χ0v) is 31.1. The van der Waals surface area contributed by atoms with E-state index < -0.39 is 8.07 Å². The van der Waals surface area contributed by atoms with Gasteiger partial charge in [-0.15, -0.1) is 0 Å². The Morgan fingerprint density at radius 3 is 2.42 bits per heavy atom. The Morgan fingerprint density at radius 2 is 1.56 bits per heavy atom. The molecule has 0 fully saturated rings. The van der Waals surface area contributed by atoms with Crippen molar-refractivity contribution >= 4 is 51.9 Å². The number of aromatic nitrogens is 3. The predicted octanol–water partition coefficient (Wildman–Crippen LogP) is 10.2. The van der Waals surface area contributed by atoms with Gasteiger partial charge in [0.1, 0.15) is 23.4 Å². The monoisotopic (exact) mass is 693 g/mol. The molecule has 5 heterocycles. The van der Waals surface area contributed by atoms with Gasteiger partial charge < -0.3 is 4.42 Å². The number of aryl methyl sites for hydroxylation is 1. The standard InChI is InChI=1S/C47H43N3OSi/c1-31-28-43-37(35-16-8-9-17-36(35)40-27-24-34(30-48(40)43)52(2,3)4)25-22-33-23-26-39-38-18-10-13-21-44(38)51-46(39)45(33)47-49(29-32-14-6-5-7-15-32)41-19-11-12-20-42(41)50(31)47/h5-21,23-24,26-27,30,37,43H,1,22,25,28-29H2,2-4H3/q+2. The van der Waals surface area contributed by atoms with E-state index in [0.29, 0.717) is 5.92 Å². The Morgan fingerprint density at radius 1 is 0.788 bits per heavy atom. The van der Waals surface area contributed by atoms with Crippen LogP contribution >= 0.6 is 0 Å². The first-order chi connectivity index (χ1) is 25.3. The molecule has 254 valence electrons. The van der Waals surface area contributed by atoms with Gasteiger partial charge in [-0.05, 0) is 53.8 Å². The second-order valence-electron chi connectivity index (χ2n) is 15.8. The van der Waals surface area contributed by atoms with E-state index in [1.54, 1.807) is 0 Å². The summed E-state index contributed by atoms with van der Waals surface area (Å²) in [6, 6.07) is 47.0. The van der Waals surface area contributed by atoms with Gasteiger partial charge in [0.15, 0.2) is 28.9 Å². The molecule has 0 saturated carbocycles. The fourth-order valence-electron chi connectivity index (χ4n) is 9.16. The lowest BCUT2D eigenvalue weighted by molar-refractivity contribution is -0.719. The lowest BCUT2D eigenvalue weighted by Gasteiger charge is -2.32. The molecular formula is C47H43N3OSi+2. The average Bonchev–Trinajstić information content (AvgIpc) is 3.70. The number of fused-ring (bicyclic) bond motifs is 15. The van der Waals surface area contributed by atoms with Gasteiger partial charge in [-0.2, -0.15) is 9.13 Å². The maximum absolute atomic E-state index is 6.91. The summed E-state index contributed by atoms with van der Waals surface area (Å²) in [5.41, 5.74) is 13.2. The minimum atomic E-state index is -1.58. The van der Waals surface area contributed by atoms with Crippen LogP contribution < -0.4 is 14.3 Å². The van der Waals surface area contributed by atoms with Crippen molar-refractivity contribution in [3.8, 4) is 22.6 Å². The van der Waals surface area contributed by atoms with Gasteiger partial charge >= 0.3 is 0 Å². The Hall–Kier alpha value is -5.52. The van der Waals surface area contributed by atoms with Gasteiger partial charge in [0, 0.05) is 33.5 Å². The zero-order chi connectivity index (χ0) is 35.1. The van der Waals surface area contributed by atoms with Gasteiger partial charge in [-0.1, -0.05) is 123 Å². The average molecular weight is 694 g/mol. The zero-order valence-electron chi connectivity index (χ0n) is 30.1. The van der Waals surface area contributed by atoms with E-state index in [-0.39, 0.29) is 6.04 Å². The molecule has 0 saturated heterocycles. The molecule has 0 spiro atoms. The van der Waals surface area contributed by atoms with Crippen molar-refractivity contribution in [3.05, 3.63) is 157 Å². The molecule has 0 bridgehead atoms. The highest BCUT2D eigenvalue weighted by Gasteiger charge is 2.44. The molecule has 0 amide bonds. The summed E-state index contributed by atoms with van der Waals surface area (Å²) in [6.07, 6.45) is 5.29. The van der Waals surface area contributed by atoms with Gasteiger partial charge in [-0.3, -0.25) is 0 Å². The number of benzene rings is 5. The number of furan rings is 1. The van der Waals surface area contributed by atoms with Crippen molar-refractivity contribution in [3.63, 3.8) is 0 Å². The minimum Gasteiger partial charge on any atom is -0.455 e. The van der Waals surface area contributed by atoms with Crippen LogP contribution in [0, 0.1) is 0 Å². The van der Waals surface area contributed by atoms with E-state index in [2.05, 4.69) is 167 Å². The number of hydrogen-bond acceptors (Lipinski definition) is 1. The molecule has 0 N–H and O–H groups in total. The topological polar surface area (TPSA) is 25.8 Å². The number of rotatable bonds is 3. The fraction of sp³-hybridized carbons (Fsp3) is 0.191. The first-order valence-corrected chi connectivity index (χ1v) is 22.2. The maximum atomic E-state index is 6.91. The second-order valence-corrected chi connectivity index (χ2v) is 20.9. The first kappa shape index (κ1) is 31.2. The number of nitrogens with zero attached hydrogens (tertiary/aromatic N) is 3. The molecule has 0 radical (unpaired) electrons. The van der Waals surface area contributed by atoms with E-state index in [4.69, 9.17) is 11.0 Å². The van der Waals surface area contributed by atoms with Crippen LogP contribution in [0.4, 0.5) is 0 Å². The third-order valence-electron chi connectivity index (χ3n) is 11.7. The molecule has 5 heteroatoms. The van der Waals surface area contributed by atoms with E-state index in [0.717, 1.165) is 59.3 Å². The van der Waals surface area contributed by atoms with E-state index in [1.807, 2.05) is 0 Å². The van der Waals surface area contributed by atoms with Crippen molar-refractivity contribution in [2.75, 3.05) is 0 Å². The van der Waals surface area contributed by atoms with Crippen LogP contribution in [0.3, 0.4) is 0 Å². The van der Waals surface area contributed by atoms with Crippen LogP contribution in [0.1, 0.15) is 41.5 Å². The Bertz CT molecular complexity index is 2710. The second kappa shape index (κ2) is 11.8. The van der Waals surface area contributed by atoms with Crippen molar-refractivity contribution in [1.82, 2.24) is 4.57 Å². The molecule has 52 heavy (non-hydrogen) atoms. The van der Waals surface area contributed by atoms with Crippen molar-refractivity contribution in [2.45, 2.75) is 57.4 Å². The van der Waals surface area contributed by atoms with Gasteiger partial charge in [-0.25, -0.2) is 4.57 Å². The van der Waals surface area contributed by atoms with Crippen LogP contribution in [-0.2, 0) is 13.0 Å². The van der Waals surface area contributed by atoms with Crippen LogP contribution in [0.25, 0.3) is 61.3 Å². The number of pyridine rings is 1. The SMILES string of the molecule is C=C1CC2C(CCc3ccc4c(oc5ccccc54)c3-c3n(Cc4ccccc4)c4ccccc4[n+]31)c1ccccc1-c1ccc([Si](C)(C)C)c[n+]12. The van der Waals surface area contributed by atoms with Crippen molar-refractivity contribution < 1.29 is 13.6 Å². The number of para-hydroxylation sites is 3. The Balaban J connectivity index is 1.28. The molecule has 5 aromatic carbocycles. The number of hydrogen-bond donors (Lipinski definition) is 0. The summed E-state index contributed by atoms with van der Waals surface area (Å²) in [6.45, 7) is 13.1. The minimum absolute atomic E-state index is 0.224. The maximum Gasteiger partial charge on any atom is 0.299 e. The molecule has 2 atom stereocenters. The van der Waals surface area contributed by atoms with E-state index in [1.165, 1.54) is 49.7 Å². The summed E-state index contributed by atoms with van der Waals surface area (Å²) in [7, 11) is -1.58. The molecule has 2 aliphatic rings. The third-order valence-corrected chi connectivity index (χ3v) is 13.7. The summed E-state index contributed by atoms with van der Waals surface area (Å²) in [5.74, 6) is 1.46. The molecule has 2 unspecified atom stereocenters. The van der Waals surface area contributed by atoms with Gasteiger partial charge in [0.05, 0.1) is 14.5 Å². The summed E-state index contributed by atoms with van der Waals surface area (Å²) in [4.78, 5) is 0. The highest BCUT2D eigenvalue weighted by Crippen LogP contribution is 2.46. The first-order valence-electron chi connectivity index (χ1n) is 18.7. The largest absolute Gasteiger partial charge is 0.455 e. The molecular weight excluding hydrogens is 651 g/mol. The van der Waals surface area contributed by atoms with Crippen LogP contribution in [0.15, 0.2) is 145 Å². The van der Waals surface area contributed by atoms with Crippen LogP contribution in [0.2, 0.25) is 19.6 Å². The number of imidazole rings is 1. The van der Waals surface area contributed by atoms with E-state index in [9.17, 15) is 0 Å². The summed E-state index contributed by atoms with van der Waals surface area (Å²) in [5, 5.41) is 3.80. The Kier molecular flexibility index (Phi) is 7.06. The van der Waals surface area contributed by atoms with Crippen LogP contribution in [0.5, 0.6) is 0 Å². The molecule has 3 aromatic heterocycles. The third kappa shape index (κ3) is 4.79. The lowest BCUT2D eigenvalue weighted by Crippen LogP contribution is -2.53. The van der Waals surface area contributed by atoms with E-state index >= 15 is 0 Å². The smallest absolute Gasteiger partial charge is 0.299 e. The van der Waals surface area contributed by atoms with Crippen LogP contribution in [-0.4, -0.2) is 12.6 Å². The molecule has 2 aliphatic heterocycles. The number of allylic oxidation sites excluding steroid dienone is 1. The van der Waals surface area contributed by atoms with Crippen molar-refractivity contribution in [1.29, 1.82) is 0 Å².